The van der Waals surface area contributed by atoms with Gasteiger partial charge in [-0.3, -0.25) is 0 Å². The van der Waals surface area contributed by atoms with Gasteiger partial charge >= 0.3 is 0 Å². The molecule has 1 aliphatic heterocycles. The summed E-state index contributed by atoms with van der Waals surface area (Å²) in [6.07, 6.45) is 4.62. The predicted molar refractivity (Wildman–Crippen MR) is 102 cm³/mol. The van der Waals surface area contributed by atoms with Crippen molar-refractivity contribution in [1.82, 2.24) is 4.90 Å². The van der Waals surface area contributed by atoms with Crippen molar-refractivity contribution in [3.05, 3.63) is 54.1 Å². The molecule has 1 heterocycles. The van der Waals surface area contributed by atoms with Crippen LogP contribution in [0.2, 0.25) is 0 Å². The summed E-state index contributed by atoms with van der Waals surface area (Å²) in [6, 6.07) is 16.4. The van der Waals surface area contributed by atoms with Crippen LogP contribution in [-0.2, 0) is 5.41 Å². The van der Waals surface area contributed by atoms with E-state index in [0.717, 1.165) is 36.7 Å². The lowest BCUT2D eigenvalue weighted by molar-refractivity contribution is 0.198. The molecule has 1 saturated carbocycles. The molecule has 2 aromatic carbocycles. The van der Waals surface area contributed by atoms with E-state index in [1.807, 2.05) is 36.4 Å². The monoisotopic (exact) mass is 353 g/mol. The first-order valence-corrected chi connectivity index (χ1v) is 9.51. The Balaban J connectivity index is 1.32. The van der Waals surface area contributed by atoms with Crippen LogP contribution in [0.25, 0.3) is 0 Å². The van der Waals surface area contributed by atoms with Crippen molar-refractivity contribution < 1.29 is 14.6 Å². The summed E-state index contributed by atoms with van der Waals surface area (Å²) in [5.41, 5.74) is 1.21. The Kier molecular flexibility index (Phi) is 4.88. The zero-order valence-corrected chi connectivity index (χ0v) is 15.4. The zero-order chi connectivity index (χ0) is 18.0. The van der Waals surface area contributed by atoms with E-state index in [4.69, 9.17) is 9.47 Å². The first-order chi connectivity index (χ1) is 12.7. The van der Waals surface area contributed by atoms with Crippen molar-refractivity contribution in [2.45, 2.75) is 37.1 Å². The molecule has 2 aliphatic rings. The second kappa shape index (κ2) is 7.29. The number of hydrogen-bond donors (Lipinski definition) is 1. The standard InChI is InChI=1S/C22H27NO3/c1-23-14-2-3-18(23)15-25-19-8-10-21(11-9-19)26-20-6-4-17(5-7-20)22(16-24)12-13-22/h4-11,18,24H,2-3,12-16H2,1H3. The van der Waals surface area contributed by atoms with Gasteiger partial charge in [0.05, 0.1) is 6.61 Å². The van der Waals surface area contributed by atoms with Crippen LogP contribution in [0, 0.1) is 0 Å². The first-order valence-electron chi connectivity index (χ1n) is 9.51. The van der Waals surface area contributed by atoms with E-state index in [0.29, 0.717) is 6.04 Å². The van der Waals surface area contributed by atoms with E-state index in [9.17, 15) is 5.11 Å². The second-order valence-electron chi connectivity index (χ2n) is 7.62. The summed E-state index contributed by atoms with van der Waals surface area (Å²) in [4.78, 5) is 2.36. The second-order valence-corrected chi connectivity index (χ2v) is 7.62. The third-order valence-corrected chi connectivity index (χ3v) is 5.80. The Hall–Kier alpha value is -2.04. The third-order valence-electron chi connectivity index (χ3n) is 5.80. The largest absolute Gasteiger partial charge is 0.492 e. The summed E-state index contributed by atoms with van der Waals surface area (Å²) in [7, 11) is 2.16. The van der Waals surface area contributed by atoms with E-state index in [1.54, 1.807) is 0 Å². The van der Waals surface area contributed by atoms with Crippen LogP contribution in [0.4, 0.5) is 0 Å². The molecule has 4 heteroatoms. The summed E-state index contributed by atoms with van der Waals surface area (Å²) in [5.74, 6) is 2.49. The molecule has 1 atom stereocenters. The highest BCUT2D eigenvalue weighted by atomic mass is 16.5. The normalized spacial score (nSPS) is 21.5. The van der Waals surface area contributed by atoms with Gasteiger partial charge in [-0.25, -0.2) is 0 Å². The highest BCUT2D eigenvalue weighted by Crippen LogP contribution is 2.47. The molecule has 1 N–H and O–H groups in total. The molecule has 0 bridgehead atoms. The maximum Gasteiger partial charge on any atom is 0.127 e. The van der Waals surface area contributed by atoms with E-state index >= 15 is 0 Å². The number of aliphatic hydroxyl groups excluding tert-OH is 1. The van der Waals surface area contributed by atoms with Crippen LogP contribution in [0.1, 0.15) is 31.2 Å². The molecule has 1 saturated heterocycles. The average molecular weight is 353 g/mol. The Morgan fingerprint density at radius 2 is 1.62 bits per heavy atom. The molecule has 138 valence electrons. The summed E-state index contributed by atoms with van der Waals surface area (Å²) in [5, 5.41) is 9.52. The minimum atomic E-state index is 0.00486. The number of likely N-dealkylation sites (tertiary alicyclic amines) is 1. The fourth-order valence-corrected chi connectivity index (χ4v) is 3.69. The van der Waals surface area contributed by atoms with Gasteiger partial charge < -0.3 is 19.5 Å². The first kappa shape index (κ1) is 17.4. The number of rotatable bonds is 7. The van der Waals surface area contributed by atoms with Gasteiger partial charge in [-0.05, 0) is 81.2 Å². The van der Waals surface area contributed by atoms with Crippen LogP contribution >= 0.6 is 0 Å². The van der Waals surface area contributed by atoms with Gasteiger partial charge in [-0.1, -0.05) is 12.1 Å². The number of benzene rings is 2. The molecule has 1 aliphatic carbocycles. The van der Waals surface area contributed by atoms with Gasteiger partial charge in [-0.15, -0.1) is 0 Å². The van der Waals surface area contributed by atoms with Crippen molar-refractivity contribution in [3.8, 4) is 17.2 Å². The summed E-state index contributed by atoms with van der Waals surface area (Å²) in [6.45, 7) is 2.13. The van der Waals surface area contributed by atoms with Crippen molar-refractivity contribution in [2.24, 2.45) is 0 Å². The van der Waals surface area contributed by atoms with Crippen LogP contribution < -0.4 is 9.47 Å². The lowest BCUT2D eigenvalue weighted by Crippen LogP contribution is -2.30. The Morgan fingerprint density at radius 1 is 1.00 bits per heavy atom. The lowest BCUT2D eigenvalue weighted by Gasteiger charge is -2.19. The van der Waals surface area contributed by atoms with Crippen molar-refractivity contribution in [1.29, 1.82) is 0 Å². The van der Waals surface area contributed by atoms with Gasteiger partial charge in [0.2, 0.25) is 0 Å². The molecular weight excluding hydrogens is 326 g/mol. The van der Waals surface area contributed by atoms with Crippen LogP contribution in [0.15, 0.2) is 48.5 Å². The quantitative estimate of drug-likeness (QED) is 0.818. The molecule has 0 spiro atoms. The summed E-state index contributed by atoms with van der Waals surface area (Å²) < 4.78 is 11.8. The maximum atomic E-state index is 9.52. The van der Waals surface area contributed by atoms with Gasteiger partial charge in [0.15, 0.2) is 0 Å². The Morgan fingerprint density at radius 3 is 2.15 bits per heavy atom. The molecule has 4 nitrogen and oxygen atoms in total. The molecule has 0 aromatic heterocycles. The molecule has 1 unspecified atom stereocenters. The van der Waals surface area contributed by atoms with Crippen LogP contribution in [0.5, 0.6) is 17.2 Å². The smallest absolute Gasteiger partial charge is 0.127 e. The molecule has 0 radical (unpaired) electrons. The van der Waals surface area contributed by atoms with Crippen molar-refractivity contribution in [2.75, 3.05) is 26.8 Å². The fraction of sp³-hybridized carbons (Fsp3) is 0.455. The van der Waals surface area contributed by atoms with Crippen LogP contribution in [-0.4, -0.2) is 42.9 Å². The van der Waals surface area contributed by atoms with Gasteiger partial charge in [0.1, 0.15) is 23.9 Å². The minimum Gasteiger partial charge on any atom is -0.492 e. The predicted octanol–water partition coefficient (Wildman–Crippen LogP) is 3.98. The fourth-order valence-electron chi connectivity index (χ4n) is 3.69. The lowest BCUT2D eigenvalue weighted by atomic mass is 9.97. The highest BCUT2D eigenvalue weighted by molar-refractivity contribution is 5.39. The van der Waals surface area contributed by atoms with E-state index in [1.165, 1.54) is 24.9 Å². The maximum absolute atomic E-state index is 9.52. The minimum absolute atomic E-state index is 0.00486. The third kappa shape index (κ3) is 3.71. The van der Waals surface area contributed by atoms with Gasteiger partial charge in [0, 0.05) is 11.5 Å². The molecule has 4 rings (SSSR count). The topological polar surface area (TPSA) is 41.9 Å². The molecule has 2 aromatic rings. The number of aliphatic hydroxyl groups is 1. The molecular formula is C22H27NO3. The SMILES string of the molecule is CN1CCCC1COc1ccc(Oc2ccc(C3(CO)CC3)cc2)cc1. The van der Waals surface area contributed by atoms with E-state index in [2.05, 4.69) is 24.1 Å². The van der Waals surface area contributed by atoms with E-state index in [-0.39, 0.29) is 12.0 Å². The number of ether oxygens (including phenoxy) is 2. The van der Waals surface area contributed by atoms with Gasteiger partial charge in [0.25, 0.3) is 0 Å². The molecule has 26 heavy (non-hydrogen) atoms. The van der Waals surface area contributed by atoms with Gasteiger partial charge in [-0.2, -0.15) is 0 Å². The molecule has 2 fully saturated rings. The highest BCUT2D eigenvalue weighted by Gasteiger charge is 2.43. The number of likely N-dealkylation sites (N-methyl/N-ethyl adjacent to an activating group) is 1. The average Bonchev–Trinajstić information content (AvgIpc) is 3.37. The number of nitrogens with zero attached hydrogens (tertiary/aromatic N) is 1. The Bertz CT molecular complexity index is 722. The number of hydrogen-bond acceptors (Lipinski definition) is 4. The zero-order valence-electron chi connectivity index (χ0n) is 15.4. The van der Waals surface area contributed by atoms with Crippen molar-refractivity contribution in [3.63, 3.8) is 0 Å². The summed E-state index contributed by atoms with van der Waals surface area (Å²) >= 11 is 0. The van der Waals surface area contributed by atoms with Crippen molar-refractivity contribution >= 4 is 0 Å². The van der Waals surface area contributed by atoms with Crippen LogP contribution in [0.3, 0.4) is 0 Å². The van der Waals surface area contributed by atoms with E-state index < -0.39 is 0 Å². The molecule has 0 amide bonds. The Labute approximate surface area is 155 Å².